The fourth-order valence-corrected chi connectivity index (χ4v) is 1.91. The predicted molar refractivity (Wildman–Crippen MR) is 48.8 cm³/mol. The summed E-state index contributed by atoms with van der Waals surface area (Å²) in [6.45, 7) is -1.14. The molecule has 0 radical (unpaired) electrons. The summed E-state index contributed by atoms with van der Waals surface area (Å²) in [4.78, 5) is 11.3. The van der Waals surface area contributed by atoms with Crippen LogP contribution in [0.25, 0.3) is 0 Å². The van der Waals surface area contributed by atoms with Crippen molar-refractivity contribution < 1.29 is 35.9 Å². The Labute approximate surface area is 99.3 Å². The van der Waals surface area contributed by atoms with Crippen molar-refractivity contribution in [2.75, 3.05) is 6.61 Å². The van der Waals surface area contributed by atoms with Gasteiger partial charge in [0.15, 0.2) is 5.78 Å². The number of alkyl halides is 6. The Morgan fingerprint density at radius 1 is 1.06 bits per heavy atom. The zero-order valence-corrected chi connectivity index (χ0v) is 9.27. The van der Waals surface area contributed by atoms with Gasteiger partial charge >= 0.3 is 12.4 Å². The van der Waals surface area contributed by atoms with Gasteiger partial charge in [0.05, 0.1) is 0 Å². The molecular formula is C10H12F6O2. The summed E-state index contributed by atoms with van der Waals surface area (Å²) in [7, 11) is 0. The number of hydrogen-bond acceptors (Lipinski definition) is 2. The highest BCUT2D eigenvalue weighted by Crippen LogP contribution is 2.36. The van der Waals surface area contributed by atoms with E-state index in [2.05, 4.69) is 4.74 Å². The van der Waals surface area contributed by atoms with Gasteiger partial charge in [0.1, 0.15) is 6.61 Å². The Morgan fingerprint density at radius 3 is 1.89 bits per heavy atom. The molecule has 8 heteroatoms. The molecule has 0 spiro atoms. The van der Waals surface area contributed by atoms with Crippen molar-refractivity contribution >= 4 is 5.78 Å². The molecule has 1 rings (SSSR count). The number of ether oxygens (including phenoxy) is 1. The van der Waals surface area contributed by atoms with Crippen LogP contribution in [0.3, 0.4) is 0 Å². The minimum atomic E-state index is -5.56. The molecule has 0 aliphatic heterocycles. The lowest BCUT2D eigenvalue weighted by atomic mass is 10.0. The molecule has 0 aromatic rings. The van der Waals surface area contributed by atoms with Crippen LogP contribution in [0.5, 0.6) is 0 Å². The lowest BCUT2D eigenvalue weighted by Gasteiger charge is -2.23. The van der Waals surface area contributed by atoms with Crippen molar-refractivity contribution in [2.45, 2.75) is 44.1 Å². The lowest BCUT2D eigenvalue weighted by Crippen LogP contribution is -2.45. The van der Waals surface area contributed by atoms with E-state index in [4.69, 9.17) is 0 Å². The summed E-state index contributed by atoms with van der Waals surface area (Å²) in [5.74, 6) is -1.15. The summed E-state index contributed by atoms with van der Waals surface area (Å²) < 4.78 is 76.3. The maximum atomic E-state index is 12.1. The first kappa shape index (κ1) is 15.3. The van der Waals surface area contributed by atoms with Gasteiger partial charge in [-0.3, -0.25) is 4.79 Å². The van der Waals surface area contributed by atoms with Gasteiger partial charge in [0.2, 0.25) is 6.10 Å². The monoisotopic (exact) mass is 278 g/mol. The van der Waals surface area contributed by atoms with E-state index >= 15 is 0 Å². The van der Waals surface area contributed by atoms with Gasteiger partial charge in [0.25, 0.3) is 0 Å². The van der Waals surface area contributed by atoms with Crippen LogP contribution in [0.15, 0.2) is 0 Å². The van der Waals surface area contributed by atoms with Gasteiger partial charge in [-0.25, -0.2) is 0 Å². The highest BCUT2D eigenvalue weighted by Gasteiger charge is 2.58. The minimum absolute atomic E-state index is 0.466. The number of carbonyl (C=O) groups excluding carboxylic acids is 1. The SMILES string of the molecule is O=C(COC(C(F)(F)F)C(F)(F)F)C1CCCC1. The van der Waals surface area contributed by atoms with Gasteiger partial charge < -0.3 is 4.74 Å². The van der Waals surface area contributed by atoms with E-state index in [9.17, 15) is 31.1 Å². The fraction of sp³-hybridized carbons (Fsp3) is 0.900. The van der Waals surface area contributed by atoms with Crippen LogP contribution < -0.4 is 0 Å². The molecular weight excluding hydrogens is 266 g/mol. The van der Waals surface area contributed by atoms with Crippen molar-refractivity contribution in [1.82, 2.24) is 0 Å². The quantitative estimate of drug-likeness (QED) is 0.738. The van der Waals surface area contributed by atoms with Crippen LogP contribution in [0.1, 0.15) is 25.7 Å². The molecule has 0 bridgehead atoms. The highest BCUT2D eigenvalue weighted by atomic mass is 19.4. The molecule has 0 unspecified atom stereocenters. The third kappa shape index (κ3) is 4.15. The summed E-state index contributed by atoms with van der Waals surface area (Å²) in [5.41, 5.74) is 0. The maximum Gasteiger partial charge on any atom is 0.423 e. The summed E-state index contributed by atoms with van der Waals surface area (Å²) in [6.07, 6.45) is -12.5. The average Bonchev–Trinajstić information content (AvgIpc) is 2.65. The molecule has 106 valence electrons. The molecule has 0 saturated heterocycles. The van der Waals surface area contributed by atoms with Gasteiger partial charge in [-0.05, 0) is 12.8 Å². The summed E-state index contributed by atoms with van der Waals surface area (Å²) in [5, 5.41) is 0. The smallest absolute Gasteiger partial charge is 0.353 e. The maximum absolute atomic E-state index is 12.1. The van der Waals surface area contributed by atoms with Gasteiger partial charge in [-0.2, -0.15) is 26.3 Å². The lowest BCUT2D eigenvalue weighted by molar-refractivity contribution is -0.319. The van der Waals surface area contributed by atoms with Crippen molar-refractivity contribution in [2.24, 2.45) is 5.92 Å². The molecule has 2 nitrogen and oxygen atoms in total. The number of rotatable bonds is 4. The van der Waals surface area contributed by atoms with Gasteiger partial charge in [-0.1, -0.05) is 12.8 Å². The highest BCUT2D eigenvalue weighted by molar-refractivity contribution is 5.82. The number of Topliss-reactive ketones (excluding diaryl/α,β-unsaturated/α-hetero) is 1. The minimum Gasteiger partial charge on any atom is -0.353 e. The predicted octanol–water partition coefficient (Wildman–Crippen LogP) is 3.26. The standard InChI is InChI=1S/C10H12F6O2/c11-9(12,13)8(10(14,15)16)18-5-7(17)6-3-1-2-4-6/h6,8H,1-5H2. The van der Waals surface area contributed by atoms with Crippen molar-refractivity contribution in [3.05, 3.63) is 0 Å². The molecule has 0 amide bonds. The largest absolute Gasteiger partial charge is 0.423 e. The topological polar surface area (TPSA) is 26.3 Å². The molecule has 1 saturated carbocycles. The van der Waals surface area contributed by atoms with E-state index in [1.54, 1.807) is 0 Å². The number of halogens is 6. The van der Waals surface area contributed by atoms with Crippen LogP contribution >= 0.6 is 0 Å². The van der Waals surface area contributed by atoms with E-state index in [1.165, 1.54) is 0 Å². The molecule has 0 aromatic heterocycles. The third-order valence-electron chi connectivity index (χ3n) is 2.80. The number of ketones is 1. The number of hydrogen-bond donors (Lipinski definition) is 0. The van der Waals surface area contributed by atoms with Crippen LogP contribution in [-0.4, -0.2) is 30.8 Å². The van der Waals surface area contributed by atoms with Crippen LogP contribution in [0.4, 0.5) is 26.3 Å². The molecule has 0 aromatic carbocycles. The van der Waals surface area contributed by atoms with Gasteiger partial charge in [-0.15, -0.1) is 0 Å². The normalized spacial score (nSPS) is 18.6. The zero-order valence-electron chi connectivity index (χ0n) is 9.27. The first-order valence-electron chi connectivity index (χ1n) is 5.40. The molecule has 0 heterocycles. The van der Waals surface area contributed by atoms with E-state index in [-0.39, 0.29) is 0 Å². The van der Waals surface area contributed by atoms with Crippen LogP contribution in [0, 0.1) is 5.92 Å². The molecule has 0 N–H and O–H groups in total. The first-order valence-corrected chi connectivity index (χ1v) is 5.40. The second-order valence-corrected chi connectivity index (χ2v) is 4.22. The summed E-state index contributed by atoms with van der Waals surface area (Å²) in [6, 6.07) is 0. The Bertz CT molecular complexity index is 276. The van der Waals surface area contributed by atoms with E-state index in [0.29, 0.717) is 12.8 Å². The molecule has 1 aliphatic carbocycles. The Morgan fingerprint density at radius 2 is 1.50 bits per heavy atom. The molecule has 0 atom stereocenters. The third-order valence-corrected chi connectivity index (χ3v) is 2.80. The zero-order chi connectivity index (χ0) is 14.0. The Hall–Kier alpha value is -0.790. The van der Waals surface area contributed by atoms with Crippen LogP contribution in [-0.2, 0) is 9.53 Å². The first-order chi connectivity index (χ1) is 8.12. The molecule has 1 aliphatic rings. The van der Waals surface area contributed by atoms with Crippen molar-refractivity contribution in [3.63, 3.8) is 0 Å². The number of carbonyl (C=O) groups is 1. The van der Waals surface area contributed by atoms with E-state index < -0.39 is 36.8 Å². The van der Waals surface area contributed by atoms with Gasteiger partial charge in [0, 0.05) is 5.92 Å². The second-order valence-electron chi connectivity index (χ2n) is 4.22. The Kier molecular flexibility index (Phi) is 4.63. The van der Waals surface area contributed by atoms with Crippen LogP contribution in [0.2, 0.25) is 0 Å². The van der Waals surface area contributed by atoms with E-state index in [0.717, 1.165) is 12.8 Å². The van der Waals surface area contributed by atoms with Crippen molar-refractivity contribution in [1.29, 1.82) is 0 Å². The second kappa shape index (κ2) is 5.46. The molecule has 18 heavy (non-hydrogen) atoms. The Balaban J connectivity index is 2.55. The molecule has 1 fully saturated rings. The average molecular weight is 278 g/mol. The van der Waals surface area contributed by atoms with E-state index in [1.807, 2.05) is 0 Å². The van der Waals surface area contributed by atoms with Crippen molar-refractivity contribution in [3.8, 4) is 0 Å². The summed E-state index contributed by atoms with van der Waals surface area (Å²) >= 11 is 0. The fourth-order valence-electron chi connectivity index (χ4n) is 1.91.